The van der Waals surface area contributed by atoms with E-state index in [4.69, 9.17) is 9.99 Å². The van der Waals surface area contributed by atoms with Crippen LogP contribution in [-0.4, -0.2) is 45.8 Å². The maximum Gasteiger partial charge on any atom is 0.410 e. The molecule has 0 unspecified atom stereocenters. The molecule has 0 spiro atoms. The molecule has 0 aliphatic rings. The highest BCUT2D eigenvalue weighted by atomic mass is 17.1. The molecule has 2 rings (SSSR count). The van der Waals surface area contributed by atoms with Crippen LogP contribution in [0.1, 0.15) is 62.5 Å². The van der Waals surface area contributed by atoms with Crippen molar-refractivity contribution >= 4 is 17.7 Å². The average molecular weight is 473 g/mol. The molecule has 1 amide bonds. The Labute approximate surface area is 199 Å². The van der Waals surface area contributed by atoms with Gasteiger partial charge in [0.05, 0.1) is 10.5 Å². The lowest BCUT2D eigenvalue weighted by molar-refractivity contribution is -0.386. The summed E-state index contributed by atoms with van der Waals surface area (Å²) >= 11 is 0. The van der Waals surface area contributed by atoms with Gasteiger partial charge < -0.3 is 9.64 Å². The number of hydrogen-bond donors (Lipinski definition) is 1. The molecule has 0 aliphatic carbocycles. The molecular formula is C25H32N2O7. The molecule has 0 saturated heterocycles. The summed E-state index contributed by atoms with van der Waals surface area (Å²) in [6.45, 7) is 9.66. The molecule has 0 heterocycles. The molecule has 34 heavy (non-hydrogen) atoms. The van der Waals surface area contributed by atoms with Crippen LogP contribution < -0.4 is 0 Å². The van der Waals surface area contributed by atoms with E-state index in [1.165, 1.54) is 18.2 Å². The van der Waals surface area contributed by atoms with Gasteiger partial charge in [-0.05, 0) is 56.7 Å². The van der Waals surface area contributed by atoms with Crippen LogP contribution in [0.2, 0.25) is 0 Å². The van der Waals surface area contributed by atoms with E-state index < -0.39 is 28.0 Å². The predicted octanol–water partition coefficient (Wildman–Crippen LogP) is 5.37. The Balaban J connectivity index is 2.28. The van der Waals surface area contributed by atoms with Gasteiger partial charge in [-0.3, -0.25) is 15.0 Å². The summed E-state index contributed by atoms with van der Waals surface area (Å²) < 4.78 is 5.58. The third-order valence-corrected chi connectivity index (χ3v) is 5.41. The SMILES string of the molecule is CC(C)(C)OC(=O)N(CCc1ccccc1)CCC(C)(C)c1cc(C(=O)OO)ccc1[N+](=O)[O-]. The van der Waals surface area contributed by atoms with Crippen molar-refractivity contribution in [1.82, 2.24) is 4.90 Å². The minimum absolute atomic E-state index is 0.00995. The number of benzene rings is 2. The summed E-state index contributed by atoms with van der Waals surface area (Å²) in [6, 6.07) is 13.5. The number of ether oxygens (including phenoxy) is 1. The largest absolute Gasteiger partial charge is 0.444 e. The molecular weight excluding hydrogens is 440 g/mol. The molecule has 2 aromatic carbocycles. The van der Waals surface area contributed by atoms with E-state index >= 15 is 0 Å². The van der Waals surface area contributed by atoms with Crippen molar-refractivity contribution in [2.24, 2.45) is 0 Å². The van der Waals surface area contributed by atoms with Crippen molar-refractivity contribution in [1.29, 1.82) is 0 Å². The van der Waals surface area contributed by atoms with Crippen molar-refractivity contribution in [3.63, 3.8) is 0 Å². The van der Waals surface area contributed by atoms with Crippen molar-refractivity contribution in [3.05, 3.63) is 75.3 Å². The van der Waals surface area contributed by atoms with Crippen LogP contribution in [0, 0.1) is 10.1 Å². The standard InChI is InChI=1S/C25H32N2O7/c1-24(2,3)33-23(29)26(15-13-18-9-7-6-8-10-18)16-14-25(4,5)20-17-19(22(28)34-32)11-12-21(20)27(30)31/h6-12,17,32H,13-16H2,1-5H3. The normalized spacial score (nSPS) is 11.6. The van der Waals surface area contributed by atoms with Gasteiger partial charge >= 0.3 is 12.1 Å². The van der Waals surface area contributed by atoms with Gasteiger partial charge in [0.15, 0.2) is 0 Å². The van der Waals surface area contributed by atoms with Crippen LogP contribution >= 0.6 is 0 Å². The first kappa shape index (κ1) is 26.8. The van der Waals surface area contributed by atoms with E-state index in [-0.39, 0.29) is 17.8 Å². The first-order chi connectivity index (χ1) is 15.8. The lowest BCUT2D eigenvalue weighted by Crippen LogP contribution is -2.40. The highest BCUT2D eigenvalue weighted by molar-refractivity contribution is 5.89. The van der Waals surface area contributed by atoms with Crippen LogP contribution in [-0.2, 0) is 21.5 Å². The van der Waals surface area contributed by atoms with Crippen LogP contribution in [0.5, 0.6) is 0 Å². The summed E-state index contributed by atoms with van der Waals surface area (Å²) in [4.78, 5) is 41.2. The number of nitro groups is 1. The van der Waals surface area contributed by atoms with E-state index in [9.17, 15) is 19.7 Å². The second kappa shape index (κ2) is 11.1. The number of rotatable bonds is 9. The lowest BCUT2D eigenvalue weighted by Gasteiger charge is -2.31. The molecule has 0 aromatic heterocycles. The third kappa shape index (κ3) is 7.55. The van der Waals surface area contributed by atoms with Crippen LogP contribution in [0.15, 0.2) is 48.5 Å². The van der Waals surface area contributed by atoms with E-state index in [1.807, 2.05) is 30.3 Å². The predicted molar refractivity (Wildman–Crippen MR) is 127 cm³/mol. The molecule has 0 atom stereocenters. The number of carbonyl (C=O) groups is 2. The number of hydrogen-bond acceptors (Lipinski definition) is 7. The van der Waals surface area contributed by atoms with Gasteiger partial charge in [0.2, 0.25) is 0 Å². The van der Waals surface area contributed by atoms with Gasteiger partial charge in [-0.15, -0.1) is 0 Å². The quantitative estimate of drug-likeness (QED) is 0.296. The maximum absolute atomic E-state index is 12.9. The first-order valence-corrected chi connectivity index (χ1v) is 11.0. The molecule has 0 aliphatic heterocycles. The molecule has 9 nitrogen and oxygen atoms in total. The molecule has 9 heteroatoms. The molecule has 184 valence electrons. The molecule has 0 saturated carbocycles. The number of amides is 1. The zero-order valence-corrected chi connectivity index (χ0v) is 20.2. The summed E-state index contributed by atoms with van der Waals surface area (Å²) in [6.07, 6.45) is 0.518. The lowest BCUT2D eigenvalue weighted by atomic mass is 9.79. The fourth-order valence-electron chi connectivity index (χ4n) is 3.50. The zero-order valence-electron chi connectivity index (χ0n) is 20.2. The van der Waals surface area contributed by atoms with Crippen molar-refractivity contribution in [2.75, 3.05) is 13.1 Å². The molecule has 0 radical (unpaired) electrons. The average Bonchev–Trinajstić information content (AvgIpc) is 2.77. The Morgan fingerprint density at radius 2 is 1.68 bits per heavy atom. The highest BCUT2D eigenvalue weighted by Crippen LogP contribution is 2.35. The topological polar surface area (TPSA) is 119 Å². The Morgan fingerprint density at radius 3 is 2.24 bits per heavy atom. The number of nitro benzene ring substituents is 1. The maximum atomic E-state index is 12.9. The molecule has 2 aromatic rings. The van der Waals surface area contributed by atoms with E-state index in [1.54, 1.807) is 39.5 Å². The second-order valence-electron chi connectivity index (χ2n) is 9.70. The fourth-order valence-corrected chi connectivity index (χ4v) is 3.50. The van der Waals surface area contributed by atoms with Gasteiger partial charge in [-0.25, -0.2) is 9.59 Å². The third-order valence-electron chi connectivity index (χ3n) is 5.41. The Kier molecular flexibility index (Phi) is 8.75. The second-order valence-corrected chi connectivity index (χ2v) is 9.70. The number of nitrogens with zero attached hydrogens (tertiary/aromatic N) is 2. The smallest absolute Gasteiger partial charge is 0.410 e. The first-order valence-electron chi connectivity index (χ1n) is 11.0. The minimum atomic E-state index is -1.01. The van der Waals surface area contributed by atoms with Gasteiger partial charge in [0.25, 0.3) is 5.69 Å². The minimum Gasteiger partial charge on any atom is -0.444 e. The fraction of sp³-hybridized carbons (Fsp3) is 0.440. The van der Waals surface area contributed by atoms with E-state index in [0.29, 0.717) is 24.9 Å². The molecule has 1 N–H and O–H groups in total. The number of carbonyl (C=O) groups excluding carboxylic acids is 2. The van der Waals surface area contributed by atoms with Crippen LogP contribution in [0.3, 0.4) is 0 Å². The van der Waals surface area contributed by atoms with Crippen molar-refractivity contribution in [3.8, 4) is 0 Å². The Hall–Kier alpha value is -3.46. The molecule has 0 fully saturated rings. The van der Waals surface area contributed by atoms with Gasteiger partial charge in [-0.1, -0.05) is 44.2 Å². The summed E-state index contributed by atoms with van der Waals surface area (Å²) in [5, 5.41) is 20.3. The Bertz CT molecular complexity index is 1010. The molecule has 0 bridgehead atoms. The van der Waals surface area contributed by atoms with E-state index in [0.717, 1.165) is 5.56 Å². The van der Waals surface area contributed by atoms with Gasteiger partial charge in [0, 0.05) is 24.7 Å². The van der Waals surface area contributed by atoms with Gasteiger partial charge in [-0.2, -0.15) is 5.26 Å². The Morgan fingerprint density at radius 1 is 1.03 bits per heavy atom. The highest BCUT2D eigenvalue weighted by Gasteiger charge is 2.32. The van der Waals surface area contributed by atoms with Crippen LogP contribution in [0.25, 0.3) is 0 Å². The zero-order chi connectivity index (χ0) is 25.5. The summed E-state index contributed by atoms with van der Waals surface area (Å²) in [7, 11) is 0. The van der Waals surface area contributed by atoms with Crippen molar-refractivity contribution < 1.29 is 29.4 Å². The van der Waals surface area contributed by atoms with Gasteiger partial charge in [0.1, 0.15) is 5.60 Å². The van der Waals surface area contributed by atoms with E-state index in [2.05, 4.69) is 4.89 Å². The monoisotopic (exact) mass is 472 g/mol. The van der Waals surface area contributed by atoms with Crippen LogP contribution in [0.4, 0.5) is 10.5 Å². The summed E-state index contributed by atoms with van der Waals surface area (Å²) in [5.41, 5.74) is -0.262. The van der Waals surface area contributed by atoms with Crippen molar-refractivity contribution in [2.45, 2.75) is 58.5 Å². The summed E-state index contributed by atoms with van der Waals surface area (Å²) in [5.74, 6) is -1.01.